The molecular weight excluding hydrogens is 288 g/mol. The van der Waals surface area contributed by atoms with Crippen LogP contribution in [0.1, 0.15) is 80.8 Å². The van der Waals surface area contributed by atoms with Crippen LogP contribution in [0.3, 0.4) is 0 Å². The lowest BCUT2D eigenvalue weighted by atomic mass is 9.84. The van der Waals surface area contributed by atoms with E-state index in [9.17, 15) is 9.59 Å². The third kappa shape index (κ3) is 3.92. The molecule has 2 unspecified atom stereocenters. The Kier molecular flexibility index (Phi) is 6.20. The van der Waals surface area contributed by atoms with Crippen LogP contribution in [0.15, 0.2) is 24.3 Å². The van der Waals surface area contributed by atoms with Crippen LogP contribution in [0.25, 0.3) is 0 Å². The van der Waals surface area contributed by atoms with E-state index in [1.807, 2.05) is 29.2 Å². The zero-order valence-electron chi connectivity index (χ0n) is 14.3. The highest BCUT2D eigenvalue weighted by molar-refractivity contribution is 5.99. The molecule has 0 aromatic heterocycles. The van der Waals surface area contributed by atoms with Gasteiger partial charge >= 0.3 is 6.03 Å². The van der Waals surface area contributed by atoms with Crippen LogP contribution in [0.4, 0.5) is 4.79 Å². The van der Waals surface area contributed by atoms with Gasteiger partial charge in [-0.05, 0) is 24.8 Å². The number of benzene rings is 1. The van der Waals surface area contributed by atoms with E-state index < -0.39 is 0 Å². The van der Waals surface area contributed by atoms with Crippen molar-refractivity contribution >= 4 is 11.8 Å². The second-order valence-electron chi connectivity index (χ2n) is 6.40. The van der Waals surface area contributed by atoms with Crippen molar-refractivity contribution in [2.24, 2.45) is 5.73 Å². The minimum absolute atomic E-state index is 0.0743. The maximum atomic E-state index is 12.2. The highest BCUT2D eigenvalue weighted by atomic mass is 16.2. The number of fused-ring (bicyclic) bond motifs is 1. The second-order valence-corrected chi connectivity index (χ2v) is 6.40. The zero-order valence-corrected chi connectivity index (χ0v) is 14.3. The molecule has 0 heterocycles. The van der Waals surface area contributed by atoms with Gasteiger partial charge in [0.15, 0.2) is 5.78 Å². The lowest BCUT2D eigenvalue weighted by molar-refractivity contribution is 0.0908. The number of urea groups is 1. The fourth-order valence-corrected chi connectivity index (χ4v) is 3.67. The summed E-state index contributed by atoms with van der Waals surface area (Å²) < 4.78 is 0. The third-order valence-corrected chi connectivity index (χ3v) is 4.76. The number of carbonyl (C=O) groups is 2. The molecule has 2 amide bonds. The summed E-state index contributed by atoms with van der Waals surface area (Å²) in [6.45, 7) is 4.29. The van der Waals surface area contributed by atoms with E-state index in [2.05, 4.69) is 13.8 Å². The molecule has 2 atom stereocenters. The lowest BCUT2D eigenvalue weighted by Gasteiger charge is -2.39. The quantitative estimate of drug-likeness (QED) is 0.808. The van der Waals surface area contributed by atoms with Gasteiger partial charge in [0.1, 0.15) is 0 Å². The first-order valence-electron chi connectivity index (χ1n) is 8.80. The molecular formula is C19H28N2O2. The van der Waals surface area contributed by atoms with Crippen LogP contribution >= 0.6 is 0 Å². The number of ketones is 1. The Labute approximate surface area is 139 Å². The molecule has 0 fully saturated rings. The van der Waals surface area contributed by atoms with E-state index in [1.54, 1.807) is 0 Å². The highest BCUT2D eigenvalue weighted by Gasteiger charge is 2.34. The molecule has 2 N–H and O–H groups in total. The predicted octanol–water partition coefficient (Wildman–Crippen LogP) is 4.44. The molecule has 0 saturated carbocycles. The smallest absolute Gasteiger partial charge is 0.315 e. The fourth-order valence-electron chi connectivity index (χ4n) is 3.67. The molecule has 1 aromatic carbocycles. The van der Waals surface area contributed by atoms with Crippen LogP contribution < -0.4 is 5.73 Å². The van der Waals surface area contributed by atoms with Crippen molar-refractivity contribution in [2.75, 3.05) is 0 Å². The first kappa shape index (κ1) is 17.5. The Morgan fingerprint density at radius 3 is 2.65 bits per heavy atom. The molecule has 23 heavy (non-hydrogen) atoms. The van der Waals surface area contributed by atoms with Gasteiger partial charge in [-0.1, -0.05) is 57.4 Å². The van der Waals surface area contributed by atoms with Crippen LogP contribution in [-0.2, 0) is 0 Å². The molecule has 1 aromatic rings. The maximum absolute atomic E-state index is 12.2. The van der Waals surface area contributed by atoms with E-state index in [-0.39, 0.29) is 23.9 Å². The number of Topliss-reactive ketones (excluding diaryl/α,β-unsaturated/α-hetero) is 1. The number of rotatable bonds is 7. The number of nitrogens with zero attached hydrogens (tertiary/aromatic N) is 1. The first-order chi connectivity index (χ1) is 11.1. The molecule has 126 valence electrons. The van der Waals surface area contributed by atoms with Gasteiger partial charge in [0, 0.05) is 18.0 Å². The van der Waals surface area contributed by atoms with E-state index in [1.165, 1.54) is 0 Å². The summed E-state index contributed by atoms with van der Waals surface area (Å²) in [4.78, 5) is 26.2. The summed E-state index contributed by atoms with van der Waals surface area (Å²) in [5.41, 5.74) is 7.47. The largest absolute Gasteiger partial charge is 0.351 e. The van der Waals surface area contributed by atoms with Gasteiger partial charge in [0.05, 0.1) is 6.04 Å². The van der Waals surface area contributed by atoms with Gasteiger partial charge in [0.2, 0.25) is 0 Å². The van der Waals surface area contributed by atoms with Crippen LogP contribution in [0, 0.1) is 0 Å². The summed E-state index contributed by atoms with van der Waals surface area (Å²) in [6, 6.07) is 7.37. The summed E-state index contributed by atoms with van der Waals surface area (Å²) >= 11 is 0. The standard InChI is InChI=1S/C19H28N2O2/c1-3-5-9-14(8-4-2)21(19(20)23)17-12-13-18(22)16-11-7-6-10-15(16)17/h6-7,10-11,14,17H,3-5,8-9,12-13H2,1-2H3,(H2,20,23). The zero-order chi connectivity index (χ0) is 16.8. The minimum Gasteiger partial charge on any atom is -0.351 e. The Balaban J connectivity index is 2.35. The lowest BCUT2D eigenvalue weighted by Crippen LogP contribution is -2.47. The number of unbranched alkanes of at least 4 members (excludes halogenated alkanes) is 1. The number of carbonyl (C=O) groups excluding carboxylic acids is 2. The van der Waals surface area contributed by atoms with Gasteiger partial charge in [-0.25, -0.2) is 4.79 Å². The Morgan fingerprint density at radius 2 is 2.00 bits per heavy atom. The molecule has 0 bridgehead atoms. The topological polar surface area (TPSA) is 63.4 Å². The van der Waals surface area contributed by atoms with Crippen molar-refractivity contribution in [3.05, 3.63) is 35.4 Å². The number of primary amides is 1. The number of hydrogen-bond acceptors (Lipinski definition) is 2. The number of amides is 2. The monoisotopic (exact) mass is 316 g/mol. The Hall–Kier alpha value is -1.84. The fraction of sp³-hybridized carbons (Fsp3) is 0.579. The predicted molar refractivity (Wildman–Crippen MR) is 92.4 cm³/mol. The molecule has 2 rings (SSSR count). The minimum atomic E-state index is -0.367. The van der Waals surface area contributed by atoms with Crippen molar-refractivity contribution in [3.63, 3.8) is 0 Å². The average Bonchev–Trinajstić information content (AvgIpc) is 2.55. The van der Waals surface area contributed by atoms with Crippen molar-refractivity contribution in [1.82, 2.24) is 4.90 Å². The molecule has 4 nitrogen and oxygen atoms in total. The van der Waals surface area contributed by atoms with Gasteiger partial charge in [-0.15, -0.1) is 0 Å². The van der Waals surface area contributed by atoms with E-state index >= 15 is 0 Å². The Morgan fingerprint density at radius 1 is 1.26 bits per heavy atom. The van der Waals surface area contributed by atoms with Crippen molar-refractivity contribution in [1.29, 1.82) is 0 Å². The third-order valence-electron chi connectivity index (χ3n) is 4.76. The highest BCUT2D eigenvalue weighted by Crippen LogP contribution is 2.36. The van der Waals surface area contributed by atoms with E-state index in [0.717, 1.165) is 43.2 Å². The SMILES string of the molecule is CCCCC(CCC)N(C(N)=O)C1CCC(=O)c2ccccc21. The molecule has 1 aliphatic rings. The van der Waals surface area contributed by atoms with Gasteiger partial charge in [-0.2, -0.15) is 0 Å². The maximum Gasteiger partial charge on any atom is 0.315 e. The first-order valence-corrected chi connectivity index (χ1v) is 8.80. The molecule has 1 aliphatic carbocycles. The normalized spacial score (nSPS) is 18.3. The molecule has 4 heteroatoms. The summed E-state index contributed by atoms with van der Waals surface area (Å²) in [6.07, 6.45) is 6.29. The summed E-state index contributed by atoms with van der Waals surface area (Å²) in [7, 11) is 0. The van der Waals surface area contributed by atoms with Gasteiger partial charge < -0.3 is 10.6 Å². The second kappa shape index (κ2) is 8.14. The summed E-state index contributed by atoms with van der Waals surface area (Å²) in [5, 5.41) is 0. The van der Waals surface area contributed by atoms with Crippen molar-refractivity contribution < 1.29 is 9.59 Å². The van der Waals surface area contributed by atoms with E-state index in [4.69, 9.17) is 5.73 Å². The summed E-state index contributed by atoms with van der Waals surface area (Å²) in [5.74, 6) is 0.168. The molecule has 0 radical (unpaired) electrons. The van der Waals surface area contributed by atoms with Crippen molar-refractivity contribution in [2.45, 2.75) is 70.9 Å². The number of hydrogen-bond donors (Lipinski definition) is 1. The Bertz CT molecular complexity index is 556. The van der Waals surface area contributed by atoms with Crippen LogP contribution in [0.2, 0.25) is 0 Å². The number of nitrogens with two attached hydrogens (primary N) is 1. The molecule has 0 saturated heterocycles. The van der Waals surface area contributed by atoms with Crippen molar-refractivity contribution in [3.8, 4) is 0 Å². The van der Waals surface area contributed by atoms with Crippen LogP contribution in [-0.4, -0.2) is 22.8 Å². The molecule has 0 aliphatic heterocycles. The van der Waals surface area contributed by atoms with Gasteiger partial charge in [0.25, 0.3) is 0 Å². The average molecular weight is 316 g/mol. The van der Waals surface area contributed by atoms with Crippen LogP contribution in [0.5, 0.6) is 0 Å². The van der Waals surface area contributed by atoms with Gasteiger partial charge in [-0.3, -0.25) is 4.79 Å². The van der Waals surface area contributed by atoms with E-state index in [0.29, 0.717) is 12.8 Å². The molecule has 0 spiro atoms.